The molecule has 1 aromatic carbocycles. The Kier molecular flexibility index (Phi) is 10.2. The van der Waals surface area contributed by atoms with Crippen LogP contribution in [-0.4, -0.2) is 71.9 Å². The fourth-order valence-electron chi connectivity index (χ4n) is 2.38. The highest BCUT2D eigenvalue weighted by Crippen LogP contribution is 2.24. The Hall–Kier alpha value is -2.27. The maximum atomic E-state index is 11.9. The number of amides is 1. The first-order valence-electron chi connectivity index (χ1n) is 8.46. The van der Waals surface area contributed by atoms with Gasteiger partial charge in [0.05, 0.1) is 18.1 Å². The van der Waals surface area contributed by atoms with E-state index in [1.807, 2.05) is 4.90 Å². The van der Waals surface area contributed by atoms with Crippen molar-refractivity contribution in [1.82, 2.24) is 10.2 Å². The summed E-state index contributed by atoms with van der Waals surface area (Å²) >= 11 is 0. The largest absolute Gasteiger partial charge is 0.395 e. The molecule has 0 saturated heterocycles. The average Bonchev–Trinajstić information content (AvgIpc) is 2.59. The normalized spacial score (nSPS) is 10.9. The number of anilines is 2. The molecule has 0 aliphatic rings. The minimum absolute atomic E-state index is 0.0473. The Morgan fingerprint density at radius 3 is 2.50 bits per heavy atom. The van der Waals surface area contributed by atoms with E-state index in [9.17, 15) is 14.9 Å². The third kappa shape index (κ3) is 8.21. The highest BCUT2D eigenvalue weighted by molar-refractivity contribution is 5.91. The van der Waals surface area contributed by atoms with Crippen LogP contribution in [0.4, 0.5) is 17.1 Å². The number of carbonyl (C=O) groups excluding carboxylic acids is 1. The highest BCUT2D eigenvalue weighted by Gasteiger charge is 2.13. The zero-order valence-electron chi connectivity index (χ0n) is 14.7. The molecule has 0 heterocycles. The SMILES string of the molecule is Nc1ccc(NC(=O)CCNCCCN(CCO)CCO)cc1[N+](=O)[O-]. The molecule has 0 atom stereocenters. The van der Waals surface area contributed by atoms with Crippen molar-refractivity contribution in [1.29, 1.82) is 0 Å². The van der Waals surface area contributed by atoms with Crippen LogP contribution >= 0.6 is 0 Å². The molecule has 0 aliphatic carbocycles. The molecule has 10 heteroatoms. The number of hydrogen-bond acceptors (Lipinski definition) is 8. The van der Waals surface area contributed by atoms with Gasteiger partial charge in [0.25, 0.3) is 5.69 Å². The van der Waals surface area contributed by atoms with E-state index in [-0.39, 0.29) is 36.9 Å². The lowest BCUT2D eigenvalue weighted by Gasteiger charge is -2.19. The molecule has 146 valence electrons. The van der Waals surface area contributed by atoms with Crippen LogP contribution in [0.5, 0.6) is 0 Å². The predicted octanol–water partition coefficient (Wildman–Crippen LogP) is -0.228. The molecule has 1 amide bonds. The van der Waals surface area contributed by atoms with Crippen LogP contribution in [0.15, 0.2) is 18.2 Å². The second kappa shape index (κ2) is 12.1. The van der Waals surface area contributed by atoms with Gasteiger partial charge in [0.2, 0.25) is 5.91 Å². The number of nitro benzene ring substituents is 1. The molecule has 0 radical (unpaired) electrons. The zero-order valence-corrected chi connectivity index (χ0v) is 14.7. The summed E-state index contributed by atoms with van der Waals surface area (Å²) in [5, 5.41) is 34.4. The first-order chi connectivity index (χ1) is 12.5. The van der Waals surface area contributed by atoms with Crippen LogP contribution in [0.3, 0.4) is 0 Å². The number of nitrogens with one attached hydrogen (secondary N) is 2. The predicted molar refractivity (Wildman–Crippen MR) is 98.9 cm³/mol. The lowest BCUT2D eigenvalue weighted by molar-refractivity contribution is -0.383. The van der Waals surface area contributed by atoms with Crippen LogP contribution in [0.25, 0.3) is 0 Å². The smallest absolute Gasteiger partial charge is 0.294 e. The van der Waals surface area contributed by atoms with Gasteiger partial charge in [0, 0.05) is 37.8 Å². The first kappa shape index (κ1) is 21.8. The monoisotopic (exact) mass is 369 g/mol. The molecule has 26 heavy (non-hydrogen) atoms. The van der Waals surface area contributed by atoms with E-state index >= 15 is 0 Å². The van der Waals surface area contributed by atoms with Crippen LogP contribution in [0.1, 0.15) is 12.8 Å². The summed E-state index contributed by atoms with van der Waals surface area (Å²) in [6.45, 7) is 3.08. The van der Waals surface area contributed by atoms with Crippen molar-refractivity contribution in [3.63, 3.8) is 0 Å². The van der Waals surface area contributed by atoms with Gasteiger partial charge in [0.15, 0.2) is 0 Å². The summed E-state index contributed by atoms with van der Waals surface area (Å²) in [5.41, 5.74) is 5.65. The van der Waals surface area contributed by atoms with E-state index < -0.39 is 4.92 Å². The van der Waals surface area contributed by atoms with Gasteiger partial charge in [-0.15, -0.1) is 0 Å². The quantitative estimate of drug-likeness (QED) is 0.138. The summed E-state index contributed by atoms with van der Waals surface area (Å²) in [4.78, 5) is 24.1. The second-order valence-corrected chi connectivity index (χ2v) is 5.72. The van der Waals surface area contributed by atoms with Gasteiger partial charge in [-0.2, -0.15) is 0 Å². The van der Waals surface area contributed by atoms with Crippen LogP contribution in [-0.2, 0) is 4.79 Å². The molecule has 0 aromatic heterocycles. The molecule has 1 rings (SSSR count). The highest BCUT2D eigenvalue weighted by atomic mass is 16.6. The summed E-state index contributed by atoms with van der Waals surface area (Å²) in [6, 6.07) is 4.14. The molecule has 0 fully saturated rings. The van der Waals surface area contributed by atoms with Crippen molar-refractivity contribution in [2.24, 2.45) is 0 Å². The maximum absolute atomic E-state index is 11.9. The molecule has 1 aromatic rings. The standard InChI is InChI=1S/C16H27N5O5/c17-14-3-2-13(12-15(14)21(25)26)19-16(24)4-6-18-5-1-7-20(8-10-22)9-11-23/h2-3,12,18,22-23H,1,4-11,17H2,(H,19,24). The average molecular weight is 369 g/mol. The van der Waals surface area contributed by atoms with Crippen molar-refractivity contribution in [2.45, 2.75) is 12.8 Å². The van der Waals surface area contributed by atoms with Gasteiger partial charge in [-0.3, -0.25) is 19.8 Å². The molecular weight excluding hydrogens is 342 g/mol. The van der Waals surface area contributed by atoms with E-state index in [0.717, 1.165) is 13.0 Å². The number of aliphatic hydroxyl groups excluding tert-OH is 2. The number of rotatable bonds is 13. The molecule has 0 saturated carbocycles. The van der Waals surface area contributed by atoms with Gasteiger partial charge < -0.3 is 26.6 Å². The van der Waals surface area contributed by atoms with Crippen molar-refractivity contribution >= 4 is 23.0 Å². The van der Waals surface area contributed by atoms with Crippen molar-refractivity contribution < 1.29 is 19.9 Å². The number of carbonyl (C=O) groups is 1. The Labute approximate surface area is 152 Å². The van der Waals surface area contributed by atoms with Crippen molar-refractivity contribution in [3.8, 4) is 0 Å². The molecular formula is C16H27N5O5. The van der Waals surface area contributed by atoms with E-state index in [1.165, 1.54) is 18.2 Å². The number of nitrogens with two attached hydrogens (primary N) is 1. The number of nitro groups is 1. The molecule has 0 unspecified atom stereocenters. The fourth-order valence-corrected chi connectivity index (χ4v) is 2.38. The minimum Gasteiger partial charge on any atom is -0.395 e. The van der Waals surface area contributed by atoms with Gasteiger partial charge in [-0.25, -0.2) is 0 Å². The minimum atomic E-state index is -0.594. The van der Waals surface area contributed by atoms with E-state index in [1.54, 1.807) is 0 Å². The number of hydrogen-bond donors (Lipinski definition) is 5. The van der Waals surface area contributed by atoms with Crippen LogP contribution in [0.2, 0.25) is 0 Å². The Morgan fingerprint density at radius 2 is 1.88 bits per heavy atom. The summed E-state index contributed by atoms with van der Waals surface area (Å²) in [5.74, 6) is -0.251. The topological polar surface area (TPSA) is 154 Å². The lowest BCUT2D eigenvalue weighted by atomic mass is 10.2. The van der Waals surface area contributed by atoms with Gasteiger partial charge >= 0.3 is 0 Å². The van der Waals surface area contributed by atoms with E-state index in [2.05, 4.69) is 10.6 Å². The third-order valence-electron chi connectivity index (χ3n) is 3.70. The van der Waals surface area contributed by atoms with Crippen LogP contribution < -0.4 is 16.4 Å². The Bertz CT molecular complexity index is 578. The van der Waals surface area contributed by atoms with Crippen molar-refractivity contribution in [2.75, 3.05) is 57.0 Å². The maximum Gasteiger partial charge on any atom is 0.294 e. The molecule has 0 spiro atoms. The molecule has 6 N–H and O–H groups in total. The van der Waals surface area contributed by atoms with Crippen LogP contribution in [0, 0.1) is 10.1 Å². The molecule has 0 aliphatic heterocycles. The number of benzene rings is 1. The fraction of sp³-hybridized carbons (Fsp3) is 0.562. The summed E-state index contributed by atoms with van der Waals surface area (Å²) in [6.07, 6.45) is 1.06. The summed E-state index contributed by atoms with van der Waals surface area (Å²) in [7, 11) is 0. The molecule has 10 nitrogen and oxygen atoms in total. The van der Waals surface area contributed by atoms with Gasteiger partial charge in [-0.05, 0) is 31.6 Å². The first-order valence-corrected chi connectivity index (χ1v) is 8.46. The second-order valence-electron chi connectivity index (χ2n) is 5.72. The molecule has 0 bridgehead atoms. The Morgan fingerprint density at radius 1 is 1.19 bits per heavy atom. The van der Waals surface area contributed by atoms with E-state index in [4.69, 9.17) is 15.9 Å². The van der Waals surface area contributed by atoms with Crippen molar-refractivity contribution in [3.05, 3.63) is 28.3 Å². The zero-order chi connectivity index (χ0) is 19.4. The lowest BCUT2D eigenvalue weighted by Crippen LogP contribution is -2.32. The Balaban J connectivity index is 2.25. The number of nitrogens with zero attached hydrogens (tertiary/aromatic N) is 2. The van der Waals surface area contributed by atoms with Gasteiger partial charge in [0.1, 0.15) is 5.69 Å². The number of aliphatic hydroxyl groups is 2. The number of nitrogen functional groups attached to an aromatic ring is 1. The van der Waals surface area contributed by atoms with E-state index in [0.29, 0.717) is 31.9 Å². The third-order valence-corrected chi connectivity index (χ3v) is 3.70. The van der Waals surface area contributed by atoms with Gasteiger partial charge in [-0.1, -0.05) is 0 Å². The summed E-state index contributed by atoms with van der Waals surface area (Å²) < 4.78 is 0.